The van der Waals surface area contributed by atoms with Gasteiger partial charge in [-0.1, -0.05) is 6.92 Å². The number of nitrogens with zero attached hydrogens (tertiary/aromatic N) is 2. The normalized spacial score (nSPS) is 17.9. The third-order valence-electron chi connectivity index (χ3n) is 2.55. The number of aromatic nitrogens is 2. The second kappa shape index (κ2) is 3.38. The molecule has 0 saturated heterocycles. The van der Waals surface area contributed by atoms with Crippen molar-refractivity contribution in [3.8, 4) is 0 Å². The Morgan fingerprint density at radius 1 is 1.64 bits per heavy atom. The lowest BCUT2D eigenvalue weighted by Gasteiger charge is -2.11. The van der Waals surface area contributed by atoms with Gasteiger partial charge in [0, 0.05) is 12.7 Å². The number of anilines is 2. The van der Waals surface area contributed by atoms with Crippen LogP contribution in [0, 0.1) is 5.41 Å². The average Bonchev–Trinajstić information content (AvgIpc) is 2.87. The van der Waals surface area contributed by atoms with E-state index >= 15 is 0 Å². The molecule has 4 nitrogen and oxygen atoms in total. The summed E-state index contributed by atoms with van der Waals surface area (Å²) in [6.45, 7) is 3.21. The van der Waals surface area contributed by atoms with Crippen molar-refractivity contribution in [1.82, 2.24) is 9.97 Å². The van der Waals surface area contributed by atoms with Gasteiger partial charge in [0.15, 0.2) is 0 Å². The van der Waals surface area contributed by atoms with E-state index in [9.17, 15) is 0 Å². The molecule has 0 aromatic carbocycles. The number of hydrogen-bond acceptors (Lipinski definition) is 4. The molecule has 1 aliphatic rings. The topological polar surface area (TPSA) is 63.8 Å². The highest BCUT2D eigenvalue weighted by atomic mass is 79.9. The number of nitrogen functional groups attached to an aromatic ring is 1. The van der Waals surface area contributed by atoms with Crippen molar-refractivity contribution in [2.24, 2.45) is 5.41 Å². The zero-order valence-electron chi connectivity index (χ0n) is 8.05. The molecule has 5 heteroatoms. The lowest BCUT2D eigenvalue weighted by atomic mass is 10.1. The van der Waals surface area contributed by atoms with Crippen LogP contribution < -0.4 is 11.1 Å². The Bertz CT molecular complexity index is 349. The Hall–Kier alpha value is -0.840. The van der Waals surface area contributed by atoms with E-state index in [1.807, 2.05) is 0 Å². The Balaban J connectivity index is 2.04. The van der Waals surface area contributed by atoms with Crippen LogP contribution in [0.5, 0.6) is 0 Å². The van der Waals surface area contributed by atoms with Gasteiger partial charge >= 0.3 is 0 Å². The summed E-state index contributed by atoms with van der Waals surface area (Å²) in [5, 5.41) is 3.28. The van der Waals surface area contributed by atoms with Crippen LogP contribution in [-0.4, -0.2) is 16.5 Å². The Kier molecular flexibility index (Phi) is 2.34. The first kappa shape index (κ1) is 9.71. The van der Waals surface area contributed by atoms with Crippen LogP contribution in [0.15, 0.2) is 10.7 Å². The fourth-order valence-electron chi connectivity index (χ4n) is 1.19. The first-order chi connectivity index (χ1) is 6.59. The molecule has 0 unspecified atom stereocenters. The van der Waals surface area contributed by atoms with Crippen molar-refractivity contribution in [1.29, 1.82) is 0 Å². The van der Waals surface area contributed by atoms with Gasteiger partial charge in [0.05, 0.1) is 4.47 Å². The maximum absolute atomic E-state index is 5.50. The standard InChI is InChI=1S/C9H13BrN4/c1-9(2-3-9)5-13-7-6(10)4-12-8(11)14-7/h4H,2-3,5H2,1H3,(H3,11,12,13,14). The second-order valence-corrected chi connectivity index (χ2v) is 4.94. The van der Waals surface area contributed by atoms with E-state index in [0.717, 1.165) is 16.8 Å². The number of hydrogen-bond donors (Lipinski definition) is 2. The molecular weight excluding hydrogens is 244 g/mol. The minimum absolute atomic E-state index is 0.302. The fraction of sp³-hybridized carbons (Fsp3) is 0.556. The van der Waals surface area contributed by atoms with Gasteiger partial charge in [-0.15, -0.1) is 0 Å². The van der Waals surface area contributed by atoms with Crippen LogP contribution >= 0.6 is 15.9 Å². The van der Waals surface area contributed by atoms with Gasteiger partial charge in [-0.2, -0.15) is 4.98 Å². The average molecular weight is 257 g/mol. The maximum atomic E-state index is 5.50. The monoisotopic (exact) mass is 256 g/mol. The van der Waals surface area contributed by atoms with Gasteiger partial charge in [-0.3, -0.25) is 0 Å². The number of halogens is 1. The highest BCUT2D eigenvalue weighted by molar-refractivity contribution is 9.10. The van der Waals surface area contributed by atoms with Crippen molar-refractivity contribution in [2.75, 3.05) is 17.6 Å². The number of rotatable bonds is 3. The summed E-state index contributed by atoms with van der Waals surface area (Å²) in [5.41, 5.74) is 5.96. The second-order valence-electron chi connectivity index (χ2n) is 4.09. The van der Waals surface area contributed by atoms with Gasteiger partial charge < -0.3 is 11.1 Å². The minimum atomic E-state index is 0.302. The molecular formula is C9H13BrN4. The molecule has 2 rings (SSSR count). The Morgan fingerprint density at radius 3 is 3.00 bits per heavy atom. The SMILES string of the molecule is CC1(CNc2nc(N)ncc2Br)CC1. The summed E-state index contributed by atoms with van der Waals surface area (Å²) in [7, 11) is 0. The summed E-state index contributed by atoms with van der Waals surface area (Å²) < 4.78 is 0.857. The molecule has 1 aromatic heterocycles. The molecule has 76 valence electrons. The smallest absolute Gasteiger partial charge is 0.221 e. The summed E-state index contributed by atoms with van der Waals surface area (Å²) in [6, 6.07) is 0. The molecule has 0 radical (unpaired) electrons. The largest absolute Gasteiger partial charge is 0.368 e. The van der Waals surface area contributed by atoms with Crippen LogP contribution in [0.2, 0.25) is 0 Å². The van der Waals surface area contributed by atoms with Crippen molar-refractivity contribution >= 4 is 27.7 Å². The number of nitrogens with one attached hydrogen (secondary N) is 1. The highest BCUT2D eigenvalue weighted by Gasteiger charge is 2.36. The summed E-state index contributed by atoms with van der Waals surface area (Å²) in [4.78, 5) is 7.99. The molecule has 1 saturated carbocycles. The van der Waals surface area contributed by atoms with E-state index in [2.05, 4.69) is 38.1 Å². The molecule has 0 bridgehead atoms. The van der Waals surface area contributed by atoms with E-state index in [1.165, 1.54) is 12.8 Å². The van der Waals surface area contributed by atoms with Gasteiger partial charge in [-0.25, -0.2) is 4.98 Å². The van der Waals surface area contributed by atoms with Gasteiger partial charge in [0.25, 0.3) is 0 Å². The predicted octanol–water partition coefficient (Wildman–Crippen LogP) is 2.03. The molecule has 3 N–H and O–H groups in total. The minimum Gasteiger partial charge on any atom is -0.368 e. The molecule has 1 heterocycles. The number of nitrogens with two attached hydrogens (primary N) is 1. The van der Waals surface area contributed by atoms with Crippen LogP contribution in [-0.2, 0) is 0 Å². The lowest BCUT2D eigenvalue weighted by molar-refractivity contribution is 0.609. The maximum Gasteiger partial charge on any atom is 0.221 e. The van der Waals surface area contributed by atoms with Crippen molar-refractivity contribution in [3.63, 3.8) is 0 Å². The summed E-state index contributed by atoms with van der Waals surface area (Å²) in [6.07, 6.45) is 4.25. The van der Waals surface area contributed by atoms with Gasteiger partial charge in [0.2, 0.25) is 5.95 Å². The van der Waals surface area contributed by atoms with E-state index in [-0.39, 0.29) is 0 Å². The van der Waals surface area contributed by atoms with Crippen molar-refractivity contribution in [3.05, 3.63) is 10.7 Å². The highest BCUT2D eigenvalue weighted by Crippen LogP contribution is 2.44. The van der Waals surface area contributed by atoms with E-state index in [1.54, 1.807) is 6.20 Å². The van der Waals surface area contributed by atoms with E-state index in [4.69, 9.17) is 5.73 Å². The molecule has 0 amide bonds. The fourth-order valence-corrected chi connectivity index (χ4v) is 1.52. The van der Waals surface area contributed by atoms with Crippen LogP contribution in [0.25, 0.3) is 0 Å². The van der Waals surface area contributed by atoms with Crippen LogP contribution in [0.3, 0.4) is 0 Å². The van der Waals surface area contributed by atoms with Crippen molar-refractivity contribution < 1.29 is 0 Å². The van der Waals surface area contributed by atoms with Gasteiger partial charge in [-0.05, 0) is 34.2 Å². The zero-order chi connectivity index (χ0) is 10.2. The first-order valence-electron chi connectivity index (χ1n) is 4.61. The van der Waals surface area contributed by atoms with Crippen molar-refractivity contribution in [2.45, 2.75) is 19.8 Å². The van der Waals surface area contributed by atoms with E-state index in [0.29, 0.717) is 11.4 Å². The summed E-state index contributed by atoms with van der Waals surface area (Å²) in [5.74, 6) is 1.09. The Morgan fingerprint density at radius 2 is 2.36 bits per heavy atom. The zero-order valence-corrected chi connectivity index (χ0v) is 9.63. The molecule has 1 aromatic rings. The van der Waals surface area contributed by atoms with Crippen LogP contribution in [0.1, 0.15) is 19.8 Å². The predicted molar refractivity (Wildman–Crippen MR) is 60.0 cm³/mol. The third kappa shape index (κ3) is 2.15. The summed E-state index contributed by atoms with van der Waals surface area (Å²) >= 11 is 3.38. The van der Waals surface area contributed by atoms with E-state index < -0.39 is 0 Å². The molecule has 0 spiro atoms. The lowest BCUT2D eigenvalue weighted by Crippen LogP contribution is -2.13. The third-order valence-corrected chi connectivity index (χ3v) is 3.13. The first-order valence-corrected chi connectivity index (χ1v) is 5.40. The van der Waals surface area contributed by atoms with Gasteiger partial charge in [0.1, 0.15) is 5.82 Å². The van der Waals surface area contributed by atoms with Crippen LogP contribution in [0.4, 0.5) is 11.8 Å². The quantitative estimate of drug-likeness (QED) is 0.869. The Labute approximate surface area is 91.4 Å². The molecule has 1 fully saturated rings. The molecule has 0 atom stereocenters. The molecule has 0 aliphatic heterocycles. The molecule has 1 aliphatic carbocycles. The molecule has 14 heavy (non-hydrogen) atoms.